The summed E-state index contributed by atoms with van der Waals surface area (Å²) in [7, 11) is 1.10. The number of carbonyl (C=O) groups is 2. The molecule has 1 aromatic rings. The molecule has 0 amide bonds. The number of methoxy groups -OCH3 is 1. The first-order valence-electron chi connectivity index (χ1n) is 5.15. The molecule has 0 saturated heterocycles. The summed E-state index contributed by atoms with van der Waals surface area (Å²) in [4.78, 5) is 22.6. The maximum Gasteiger partial charge on any atom is 0.417 e. The average molecular weight is 292 g/mol. The van der Waals surface area contributed by atoms with Gasteiger partial charge in [0.1, 0.15) is 6.42 Å². The smallest absolute Gasteiger partial charge is 0.417 e. The highest BCUT2D eigenvalue weighted by atomic mass is 32.2. The third-order valence-electron chi connectivity index (χ3n) is 2.36. The number of halogens is 3. The molecule has 0 atom stereocenters. The molecule has 104 valence electrons. The number of ketones is 1. The van der Waals surface area contributed by atoms with Gasteiger partial charge in [-0.2, -0.15) is 13.2 Å². The molecule has 0 saturated carbocycles. The van der Waals surface area contributed by atoms with Gasteiger partial charge in [-0.3, -0.25) is 9.59 Å². The van der Waals surface area contributed by atoms with Crippen LogP contribution in [0.25, 0.3) is 0 Å². The molecule has 0 spiro atoms. The van der Waals surface area contributed by atoms with E-state index in [0.717, 1.165) is 24.9 Å². The van der Waals surface area contributed by atoms with Crippen molar-refractivity contribution < 1.29 is 27.5 Å². The average Bonchev–Trinajstić information content (AvgIpc) is 2.36. The quantitative estimate of drug-likeness (QED) is 0.370. The number of alkyl halides is 3. The molecule has 3 nitrogen and oxygen atoms in total. The van der Waals surface area contributed by atoms with Gasteiger partial charge in [-0.25, -0.2) is 0 Å². The van der Waals surface area contributed by atoms with Crippen LogP contribution in [-0.4, -0.2) is 25.1 Å². The first-order chi connectivity index (χ1) is 8.79. The number of hydrogen-bond donors (Lipinski definition) is 0. The van der Waals surface area contributed by atoms with E-state index >= 15 is 0 Å². The number of Topliss-reactive ketones (excluding diaryl/α,β-unsaturated/α-hetero) is 1. The Morgan fingerprint density at radius 3 is 2.42 bits per heavy atom. The van der Waals surface area contributed by atoms with E-state index in [1.807, 2.05) is 0 Å². The molecule has 7 heteroatoms. The fourth-order valence-electron chi connectivity index (χ4n) is 1.41. The highest BCUT2D eigenvalue weighted by Gasteiger charge is 2.34. The summed E-state index contributed by atoms with van der Waals surface area (Å²) in [5.41, 5.74) is -1.04. The number of thioether (sulfide) groups is 1. The summed E-state index contributed by atoms with van der Waals surface area (Å²) in [6.07, 6.45) is -3.60. The van der Waals surface area contributed by atoms with Crippen molar-refractivity contribution in [3.05, 3.63) is 29.3 Å². The van der Waals surface area contributed by atoms with Crippen molar-refractivity contribution in [1.82, 2.24) is 0 Å². The minimum Gasteiger partial charge on any atom is -0.469 e. The molecule has 0 fully saturated rings. The second-order valence-electron chi connectivity index (χ2n) is 3.59. The third kappa shape index (κ3) is 3.99. The van der Waals surface area contributed by atoms with Crippen molar-refractivity contribution in [2.24, 2.45) is 0 Å². The monoisotopic (exact) mass is 292 g/mol. The second-order valence-corrected chi connectivity index (χ2v) is 4.44. The Morgan fingerprint density at radius 1 is 1.32 bits per heavy atom. The van der Waals surface area contributed by atoms with Crippen LogP contribution in [0.1, 0.15) is 22.3 Å². The van der Waals surface area contributed by atoms with E-state index in [1.165, 1.54) is 18.4 Å². The van der Waals surface area contributed by atoms with Gasteiger partial charge in [0.15, 0.2) is 5.78 Å². The number of carbonyl (C=O) groups excluding carboxylic acids is 2. The molecule has 0 N–H and O–H groups in total. The summed E-state index contributed by atoms with van der Waals surface area (Å²) in [6.45, 7) is 0. The zero-order chi connectivity index (χ0) is 14.6. The molecule has 0 radical (unpaired) electrons. The molecular weight excluding hydrogens is 281 g/mol. The van der Waals surface area contributed by atoms with Crippen molar-refractivity contribution in [1.29, 1.82) is 0 Å². The maximum absolute atomic E-state index is 12.8. The predicted octanol–water partition coefficient (Wildman–Crippen LogP) is 3.17. The topological polar surface area (TPSA) is 43.4 Å². The first-order valence-corrected chi connectivity index (χ1v) is 6.37. The van der Waals surface area contributed by atoms with Gasteiger partial charge < -0.3 is 4.74 Å². The third-order valence-corrected chi connectivity index (χ3v) is 3.16. The molecule has 0 aliphatic rings. The van der Waals surface area contributed by atoms with E-state index in [-0.39, 0.29) is 10.5 Å². The van der Waals surface area contributed by atoms with E-state index in [0.29, 0.717) is 0 Å². The zero-order valence-corrected chi connectivity index (χ0v) is 11.0. The van der Waals surface area contributed by atoms with Crippen LogP contribution in [0.5, 0.6) is 0 Å². The van der Waals surface area contributed by atoms with E-state index in [9.17, 15) is 22.8 Å². The molecule has 0 aromatic heterocycles. The minimum atomic E-state index is -4.54. The Hall–Kier alpha value is -1.50. The molecule has 1 aromatic carbocycles. The molecule has 1 rings (SSSR count). The first kappa shape index (κ1) is 15.6. The van der Waals surface area contributed by atoms with Crippen LogP contribution in [0.2, 0.25) is 0 Å². The zero-order valence-electron chi connectivity index (χ0n) is 10.2. The molecule has 0 bridgehead atoms. The summed E-state index contributed by atoms with van der Waals surface area (Å²) >= 11 is 0.938. The number of benzene rings is 1. The fraction of sp³-hybridized carbons (Fsp3) is 0.333. The highest BCUT2D eigenvalue weighted by molar-refractivity contribution is 7.98. The highest BCUT2D eigenvalue weighted by Crippen LogP contribution is 2.36. The van der Waals surface area contributed by atoms with Gasteiger partial charge in [0.25, 0.3) is 0 Å². The van der Waals surface area contributed by atoms with E-state index in [2.05, 4.69) is 4.74 Å². The van der Waals surface area contributed by atoms with Crippen LogP contribution < -0.4 is 0 Å². The van der Waals surface area contributed by atoms with Crippen molar-refractivity contribution >= 4 is 23.5 Å². The Balaban J connectivity index is 3.12. The fourth-order valence-corrected chi connectivity index (χ4v) is 2.01. The second kappa shape index (κ2) is 6.10. The SMILES string of the molecule is COC(=O)CC(=O)c1ccc(SC)c(C(F)(F)F)c1. The van der Waals surface area contributed by atoms with Gasteiger partial charge in [0, 0.05) is 10.5 Å². The normalized spacial score (nSPS) is 11.2. The molecule has 19 heavy (non-hydrogen) atoms. The van der Waals surface area contributed by atoms with Crippen molar-refractivity contribution in [3.63, 3.8) is 0 Å². The maximum atomic E-state index is 12.8. The summed E-state index contributed by atoms with van der Waals surface area (Å²) in [6, 6.07) is 3.25. The van der Waals surface area contributed by atoms with Crippen LogP contribution in [0.15, 0.2) is 23.1 Å². The van der Waals surface area contributed by atoms with Gasteiger partial charge in [-0.05, 0) is 18.4 Å². The van der Waals surface area contributed by atoms with Crippen LogP contribution in [0.4, 0.5) is 13.2 Å². The number of rotatable bonds is 4. The van der Waals surface area contributed by atoms with Gasteiger partial charge >= 0.3 is 12.1 Å². The predicted molar refractivity (Wildman–Crippen MR) is 64.2 cm³/mol. The Kier molecular flexibility index (Phi) is 4.99. The Bertz CT molecular complexity index is 497. The lowest BCUT2D eigenvalue weighted by Crippen LogP contribution is -2.12. The Morgan fingerprint density at radius 2 is 1.95 bits per heavy atom. The minimum absolute atomic E-state index is 0.0297. The van der Waals surface area contributed by atoms with Crippen LogP contribution in [0.3, 0.4) is 0 Å². The molecule has 0 aliphatic heterocycles. The lowest BCUT2D eigenvalue weighted by molar-refractivity contribution is -0.140. The summed E-state index contributed by atoms with van der Waals surface area (Å²) < 4.78 is 42.7. The standard InChI is InChI=1S/C12H11F3O3S/c1-18-11(17)6-9(16)7-3-4-10(19-2)8(5-7)12(13,14)15/h3-5H,6H2,1-2H3. The summed E-state index contributed by atoms with van der Waals surface area (Å²) in [5, 5.41) is 0. The number of ether oxygens (including phenoxy) is 1. The van der Waals surface area contributed by atoms with Crippen LogP contribution in [0, 0.1) is 0 Å². The largest absolute Gasteiger partial charge is 0.469 e. The lowest BCUT2D eigenvalue weighted by atomic mass is 10.0. The summed E-state index contributed by atoms with van der Waals surface area (Å²) in [5.74, 6) is -1.49. The van der Waals surface area contributed by atoms with Crippen molar-refractivity contribution in [2.75, 3.05) is 13.4 Å². The molecule has 0 aliphatic carbocycles. The Labute approximate surface area is 112 Å². The van der Waals surface area contributed by atoms with Crippen molar-refractivity contribution in [2.45, 2.75) is 17.5 Å². The van der Waals surface area contributed by atoms with Crippen LogP contribution >= 0.6 is 11.8 Å². The van der Waals surface area contributed by atoms with E-state index in [1.54, 1.807) is 0 Å². The molecular formula is C12H11F3O3S. The lowest BCUT2D eigenvalue weighted by Gasteiger charge is -2.12. The van der Waals surface area contributed by atoms with Crippen molar-refractivity contribution in [3.8, 4) is 0 Å². The van der Waals surface area contributed by atoms with Gasteiger partial charge in [0.2, 0.25) is 0 Å². The van der Waals surface area contributed by atoms with Gasteiger partial charge in [0.05, 0.1) is 12.7 Å². The van der Waals surface area contributed by atoms with E-state index < -0.39 is 29.9 Å². The molecule has 0 heterocycles. The number of hydrogen-bond acceptors (Lipinski definition) is 4. The molecule has 0 unspecified atom stereocenters. The number of esters is 1. The van der Waals surface area contributed by atoms with Crippen LogP contribution in [-0.2, 0) is 15.7 Å². The van der Waals surface area contributed by atoms with Gasteiger partial charge in [-0.1, -0.05) is 6.07 Å². The van der Waals surface area contributed by atoms with Gasteiger partial charge in [-0.15, -0.1) is 11.8 Å². The van der Waals surface area contributed by atoms with E-state index in [4.69, 9.17) is 0 Å².